The summed E-state index contributed by atoms with van der Waals surface area (Å²) in [4.78, 5) is 9.83. The summed E-state index contributed by atoms with van der Waals surface area (Å²) in [5.41, 5.74) is 0.273. The number of nitro groups is 1. The number of hydrogen-bond acceptors (Lipinski definition) is 4. The minimum absolute atomic E-state index is 0.229. The maximum Gasteiger partial charge on any atom is 0.308 e. The average Bonchev–Trinajstić information content (AvgIpc) is 2.46. The summed E-state index contributed by atoms with van der Waals surface area (Å²) in [7, 11) is 1.57. The molecule has 20 heavy (non-hydrogen) atoms. The van der Waals surface area contributed by atoms with Gasteiger partial charge in [-0.2, -0.15) is 4.39 Å². The molecule has 0 saturated heterocycles. The zero-order valence-electron chi connectivity index (χ0n) is 10.7. The molecule has 0 fully saturated rings. The van der Waals surface area contributed by atoms with Gasteiger partial charge in [0.2, 0.25) is 5.82 Å². The molecule has 2 aromatic rings. The van der Waals surface area contributed by atoms with Crippen LogP contribution in [0.15, 0.2) is 42.5 Å². The maximum atomic E-state index is 13.2. The van der Waals surface area contributed by atoms with Crippen molar-refractivity contribution in [1.29, 1.82) is 0 Å². The lowest BCUT2D eigenvalue weighted by molar-refractivity contribution is -0.387. The third-order valence-corrected chi connectivity index (χ3v) is 2.68. The summed E-state index contributed by atoms with van der Waals surface area (Å²) in [6, 6.07) is 10.6. The van der Waals surface area contributed by atoms with Crippen LogP contribution >= 0.6 is 0 Å². The molecule has 0 N–H and O–H groups in total. The van der Waals surface area contributed by atoms with Gasteiger partial charge < -0.3 is 9.47 Å². The second-order valence-corrected chi connectivity index (χ2v) is 4.01. The molecule has 0 aliphatic rings. The first-order valence-electron chi connectivity index (χ1n) is 5.80. The number of nitro benzene ring substituents is 1. The lowest BCUT2D eigenvalue weighted by Crippen LogP contribution is -1.98. The SMILES string of the molecule is COc1ccc(COc2ccc(F)c([N+](=O)[O-])c2)cc1. The molecule has 0 saturated carbocycles. The van der Waals surface area contributed by atoms with E-state index in [1.807, 2.05) is 12.1 Å². The monoisotopic (exact) mass is 277 g/mol. The van der Waals surface area contributed by atoms with Gasteiger partial charge in [-0.15, -0.1) is 0 Å². The van der Waals surface area contributed by atoms with E-state index in [0.717, 1.165) is 23.4 Å². The van der Waals surface area contributed by atoms with Gasteiger partial charge in [0.25, 0.3) is 0 Å². The molecule has 0 atom stereocenters. The van der Waals surface area contributed by atoms with Gasteiger partial charge in [-0.25, -0.2) is 0 Å². The van der Waals surface area contributed by atoms with Crippen LogP contribution in [-0.4, -0.2) is 12.0 Å². The first-order chi connectivity index (χ1) is 9.60. The third kappa shape index (κ3) is 3.23. The van der Waals surface area contributed by atoms with Crippen molar-refractivity contribution in [2.24, 2.45) is 0 Å². The van der Waals surface area contributed by atoms with Gasteiger partial charge in [-0.3, -0.25) is 10.1 Å². The Morgan fingerprint density at radius 3 is 2.40 bits per heavy atom. The van der Waals surface area contributed by atoms with Crippen molar-refractivity contribution in [3.05, 3.63) is 64.0 Å². The van der Waals surface area contributed by atoms with Gasteiger partial charge >= 0.3 is 5.69 Å². The molecular weight excluding hydrogens is 265 g/mol. The normalized spacial score (nSPS) is 10.1. The van der Waals surface area contributed by atoms with Crippen LogP contribution in [0.1, 0.15) is 5.56 Å². The minimum Gasteiger partial charge on any atom is -0.497 e. The van der Waals surface area contributed by atoms with E-state index in [1.54, 1.807) is 19.2 Å². The predicted molar refractivity (Wildman–Crippen MR) is 70.4 cm³/mol. The molecule has 0 amide bonds. The van der Waals surface area contributed by atoms with Crippen LogP contribution in [0, 0.1) is 15.9 Å². The lowest BCUT2D eigenvalue weighted by atomic mass is 10.2. The van der Waals surface area contributed by atoms with Crippen molar-refractivity contribution in [1.82, 2.24) is 0 Å². The fourth-order valence-corrected chi connectivity index (χ4v) is 1.61. The number of halogens is 1. The second kappa shape index (κ2) is 6.01. The van der Waals surface area contributed by atoms with Gasteiger partial charge in [-0.1, -0.05) is 12.1 Å². The first kappa shape index (κ1) is 13.8. The molecule has 0 heterocycles. The van der Waals surface area contributed by atoms with Crippen LogP contribution in [0.4, 0.5) is 10.1 Å². The van der Waals surface area contributed by atoms with Crippen molar-refractivity contribution in [2.45, 2.75) is 6.61 Å². The van der Waals surface area contributed by atoms with Gasteiger partial charge in [0.05, 0.1) is 18.1 Å². The van der Waals surface area contributed by atoms with E-state index in [1.165, 1.54) is 6.07 Å². The first-order valence-corrected chi connectivity index (χ1v) is 5.80. The summed E-state index contributed by atoms with van der Waals surface area (Å²) in [5.74, 6) is 0.0897. The summed E-state index contributed by atoms with van der Waals surface area (Å²) < 4.78 is 23.6. The lowest BCUT2D eigenvalue weighted by Gasteiger charge is -2.07. The summed E-state index contributed by atoms with van der Waals surface area (Å²) in [6.07, 6.45) is 0. The van der Waals surface area contributed by atoms with E-state index in [4.69, 9.17) is 9.47 Å². The fraction of sp³-hybridized carbons (Fsp3) is 0.143. The third-order valence-electron chi connectivity index (χ3n) is 2.68. The van der Waals surface area contributed by atoms with Crippen molar-refractivity contribution >= 4 is 5.69 Å². The predicted octanol–water partition coefficient (Wildman–Crippen LogP) is 3.32. The zero-order valence-corrected chi connectivity index (χ0v) is 10.7. The molecule has 104 valence electrons. The summed E-state index contributed by atoms with van der Waals surface area (Å²) >= 11 is 0. The molecule has 0 radical (unpaired) electrons. The highest BCUT2D eigenvalue weighted by Crippen LogP contribution is 2.24. The van der Waals surface area contributed by atoms with Crippen molar-refractivity contribution in [3.8, 4) is 11.5 Å². The Balaban J connectivity index is 2.06. The largest absolute Gasteiger partial charge is 0.497 e. The molecule has 0 bridgehead atoms. The van der Waals surface area contributed by atoms with Crippen molar-refractivity contribution in [2.75, 3.05) is 7.11 Å². The van der Waals surface area contributed by atoms with Crippen LogP contribution in [0.2, 0.25) is 0 Å². The molecule has 0 aliphatic carbocycles. The number of ether oxygens (including phenoxy) is 2. The highest BCUT2D eigenvalue weighted by molar-refractivity contribution is 5.39. The van der Waals surface area contributed by atoms with Crippen LogP contribution < -0.4 is 9.47 Å². The van der Waals surface area contributed by atoms with Crippen LogP contribution in [0.5, 0.6) is 11.5 Å². The smallest absolute Gasteiger partial charge is 0.308 e. The Labute approximate surface area is 114 Å². The molecule has 2 rings (SSSR count). The van der Waals surface area contributed by atoms with E-state index in [-0.39, 0.29) is 12.4 Å². The average molecular weight is 277 g/mol. The van der Waals surface area contributed by atoms with E-state index >= 15 is 0 Å². The van der Waals surface area contributed by atoms with Gasteiger partial charge in [0.15, 0.2) is 0 Å². The number of methoxy groups -OCH3 is 1. The van der Waals surface area contributed by atoms with E-state index in [0.29, 0.717) is 0 Å². The molecular formula is C14H12FNO4. The van der Waals surface area contributed by atoms with Crippen LogP contribution in [0.3, 0.4) is 0 Å². The van der Waals surface area contributed by atoms with Gasteiger partial charge in [0, 0.05) is 0 Å². The second-order valence-electron chi connectivity index (χ2n) is 4.01. The topological polar surface area (TPSA) is 61.6 Å². The van der Waals surface area contributed by atoms with E-state index < -0.39 is 16.4 Å². The van der Waals surface area contributed by atoms with Crippen LogP contribution in [0.25, 0.3) is 0 Å². The molecule has 2 aromatic carbocycles. The zero-order chi connectivity index (χ0) is 14.5. The quantitative estimate of drug-likeness (QED) is 0.621. The fourth-order valence-electron chi connectivity index (χ4n) is 1.61. The Hall–Kier alpha value is -2.63. The maximum absolute atomic E-state index is 13.2. The van der Waals surface area contributed by atoms with Crippen molar-refractivity contribution < 1.29 is 18.8 Å². The summed E-state index contributed by atoms with van der Waals surface area (Å²) in [6.45, 7) is 0.229. The summed E-state index contributed by atoms with van der Waals surface area (Å²) in [5, 5.41) is 10.6. The highest BCUT2D eigenvalue weighted by atomic mass is 19.1. The van der Waals surface area contributed by atoms with E-state index in [9.17, 15) is 14.5 Å². The Morgan fingerprint density at radius 2 is 1.80 bits per heavy atom. The van der Waals surface area contributed by atoms with Gasteiger partial charge in [0.1, 0.15) is 18.1 Å². The Kier molecular flexibility index (Phi) is 4.14. The molecule has 6 heteroatoms. The molecule has 0 spiro atoms. The number of rotatable bonds is 5. The molecule has 0 aromatic heterocycles. The minimum atomic E-state index is -0.883. The molecule has 5 nitrogen and oxygen atoms in total. The molecule has 0 unspecified atom stereocenters. The highest BCUT2D eigenvalue weighted by Gasteiger charge is 2.14. The standard InChI is InChI=1S/C14H12FNO4/c1-19-11-4-2-10(3-5-11)9-20-12-6-7-13(15)14(8-12)16(17)18/h2-8H,9H2,1H3. The van der Waals surface area contributed by atoms with Crippen molar-refractivity contribution in [3.63, 3.8) is 0 Å². The number of nitrogens with zero attached hydrogens (tertiary/aromatic N) is 1. The Bertz CT molecular complexity index is 613. The number of hydrogen-bond donors (Lipinski definition) is 0. The van der Waals surface area contributed by atoms with E-state index in [2.05, 4.69) is 0 Å². The van der Waals surface area contributed by atoms with Crippen LogP contribution in [-0.2, 0) is 6.61 Å². The Morgan fingerprint density at radius 1 is 1.15 bits per heavy atom. The number of benzene rings is 2. The molecule has 0 aliphatic heterocycles. The van der Waals surface area contributed by atoms with Gasteiger partial charge in [-0.05, 0) is 29.8 Å².